The fourth-order valence-electron chi connectivity index (χ4n) is 1.90. The quantitative estimate of drug-likeness (QED) is 0.812. The highest BCUT2D eigenvalue weighted by molar-refractivity contribution is 6.30. The van der Waals surface area contributed by atoms with Crippen LogP contribution >= 0.6 is 11.6 Å². The Morgan fingerprint density at radius 3 is 2.53 bits per heavy atom. The van der Waals surface area contributed by atoms with Crippen LogP contribution in [0.1, 0.15) is 24.4 Å². The molecule has 2 atom stereocenters. The molecule has 0 radical (unpaired) electrons. The van der Waals surface area contributed by atoms with Crippen molar-refractivity contribution in [3.63, 3.8) is 0 Å². The summed E-state index contributed by atoms with van der Waals surface area (Å²) in [4.78, 5) is 10.7. The number of carbonyl (C=O) groups is 1. The number of halogens is 1. The molecule has 0 aromatic heterocycles. The van der Waals surface area contributed by atoms with Crippen molar-refractivity contribution in [1.29, 1.82) is 0 Å². The first kappa shape index (κ1) is 10.5. The molecular weight excluding hydrogens is 214 g/mol. The van der Waals surface area contributed by atoms with Crippen molar-refractivity contribution < 1.29 is 9.90 Å². The van der Waals surface area contributed by atoms with Crippen LogP contribution in [0.25, 0.3) is 0 Å². The lowest BCUT2D eigenvalue weighted by Crippen LogP contribution is -2.31. The molecule has 1 fully saturated rings. The van der Waals surface area contributed by atoms with Crippen molar-refractivity contribution in [2.75, 3.05) is 0 Å². The van der Waals surface area contributed by atoms with Crippen LogP contribution in [0.4, 0.5) is 0 Å². The van der Waals surface area contributed by atoms with Gasteiger partial charge in [-0.15, -0.1) is 0 Å². The van der Waals surface area contributed by atoms with Gasteiger partial charge >= 0.3 is 5.97 Å². The van der Waals surface area contributed by atoms with E-state index in [0.29, 0.717) is 11.4 Å². The summed E-state index contributed by atoms with van der Waals surface area (Å²) in [5, 5.41) is 12.6. The molecule has 3 nitrogen and oxygen atoms in total. The van der Waals surface area contributed by atoms with Crippen LogP contribution in [0, 0.1) is 0 Å². The highest BCUT2D eigenvalue weighted by Crippen LogP contribution is 2.27. The highest BCUT2D eigenvalue weighted by atomic mass is 35.5. The first-order valence-electron chi connectivity index (χ1n) is 4.91. The fraction of sp³-hybridized carbons (Fsp3) is 0.364. The van der Waals surface area contributed by atoms with Gasteiger partial charge < -0.3 is 5.11 Å². The van der Waals surface area contributed by atoms with Crippen molar-refractivity contribution in [3.8, 4) is 0 Å². The minimum Gasteiger partial charge on any atom is -0.480 e. The molecule has 15 heavy (non-hydrogen) atoms. The van der Waals surface area contributed by atoms with Crippen LogP contribution in [0.2, 0.25) is 5.02 Å². The van der Waals surface area contributed by atoms with Gasteiger partial charge in [-0.3, -0.25) is 10.1 Å². The third kappa shape index (κ3) is 2.30. The van der Waals surface area contributed by atoms with Gasteiger partial charge in [0.2, 0.25) is 0 Å². The molecule has 1 aromatic carbocycles. The van der Waals surface area contributed by atoms with Gasteiger partial charge in [-0.25, -0.2) is 0 Å². The molecule has 0 spiro atoms. The number of rotatable bonds is 2. The molecule has 1 aromatic rings. The van der Waals surface area contributed by atoms with Crippen molar-refractivity contribution in [3.05, 3.63) is 34.9 Å². The van der Waals surface area contributed by atoms with Crippen LogP contribution in [0.15, 0.2) is 24.3 Å². The predicted octanol–water partition coefficient (Wildman–Crippen LogP) is 2.22. The molecule has 1 aliphatic rings. The van der Waals surface area contributed by atoms with Crippen LogP contribution < -0.4 is 5.32 Å². The normalized spacial score (nSPS) is 25.4. The Morgan fingerprint density at radius 2 is 2.00 bits per heavy atom. The molecule has 1 aliphatic heterocycles. The van der Waals surface area contributed by atoms with E-state index in [1.807, 2.05) is 24.3 Å². The third-order valence-corrected chi connectivity index (χ3v) is 2.97. The lowest BCUT2D eigenvalue weighted by molar-refractivity contribution is -0.139. The van der Waals surface area contributed by atoms with Crippen molar-refractivity contribution in [2.24, 2.45) is 0 Å². The second-order valence-corrected chi connectivity index (χ2v) is 4.18. The van der Waals surface area contributed by atoms with Crippen LogP contribution in [-0.2, 0) is 4.79 Å². The van der Waals surface area contributed by atoms with E-state index in [-0.39, 0.29) is 6.04 Å². The molecule has 0 saturated carbocycles. The fourth-order valence-corrected chi connectivity index (χ4v) is 2.02. The maximum absolute atomic E-state index is 10.7. The lowest BCUT2D eigenvalue weighted by atomic mass is 10.1. The highest BCUT2D eigenvalue weighted by Gasteiger charge is 2.29. The standard InChI is InChI=1S/C11H12ClNO2/c12-8-3-1-7(2-4-8)9-5-6-10(13-9)11(14)15/h1-4,9-10,13H,5-6H2,(H,14,15)/t9-,10-/m0/s1. The smallest absolute Gasteiger partial charge is 0.320 e. The minimum atomic E-state index is -0.772. The van der Waals surface area contributed by atoms with Gasteiger partial charge in [-0.2, -0.15) is 0 Å². The van der Waals surface area contributed by atoms with Crippen LogP contribution in [0.5, 0.6) is 0 Å². The first-order chi connectivity index (χ1) is 7.16. The SMILES string of the molecule is O=C(O)[C@@H]1CC[C@@H](c2ccc(Cl)cc2)N1. The Bertz CT molecular complexity index is 363. The maximum atomic E-state index is 10.7. The van der Waals surface area contributed by atoms with Crippen molar-refractivity contribution in [1.82, 2.24) is 5.32 Å². The van der Waals surface area contributed by atoms with Gasteiger partial charge in [0, 0.05) is 11.1 Å². The Labute approximate surface area is 93.1 Å². The lowest BCUT2D eigenvalue weighted by Gasteiger charge is -2.12. The first-order valence-corrected chi connectivity index (χ1v) is 5.29. The number of benzene rings is 1. The Balaban J connectivity index is 2.07. The second kappa shape index (κ2) is 4.21. The van der Waals surface area contributed by atoms with Gasteiger partial charge in [0.15, 0.2) is 0 Å². The molecule has 2 rings (SSSR count). The molecule has 1 saturated heterocycles. The van der Waals surface area contributed by atoms with Crippen molar-refractivity contribution >= 4 is 17.6 Å². The molecule has 4 heteroatoms. The van der Waals surface area contributed by atoms with E-state index < -0.39 is 12.0 Å². The monoisotopic (exact) mass is 225 g/mol. The molecule has 1 heterocycles. The topological polar surface area (TPSA) is 49.3 Å². The van der Waals surface area contributed by atoms with Gasteiger partial charge in [0.25, 0.3) is 0 Å². The summed E-state index contributed by atoms with van der Waals surface area (Å²) in [6.45, 7) is 0. The molecule has 0 aliphatic carbocycles. The molecule has 0 amide bonds. The van der Waals surface area contributed by atoms with E-state index in [2.05, 4.69) is 5.32 Å². The van der Waals surface area contributed by atoms with Gasteiger partial charge in [-0.05, 0) is 30.5 Å². The molecular formula is C11H12ClNO2. The molecule has 2 N–H and O–H groups in total. The average molecular weight is 226 g/mol. The summed E-state index contributed by atoms with van der Waals surface area (Å²) in [6.07, 6.45) is 1.54. The third-order valence-electron chi connectivity index (χ3n) is 2.72. The number of carboxylic acid groups (broad SMARTS) is 1. The van der Waals surface area contributed by atoms with Crippen LogP contribution in [0.3, 0.4) is 0 Å². The number of nitrogens with one attached hydrogen (secondary N) is 1. The van der Waals surface area contributed by atoms with Gasteiger partial charge in [0.1, 0.15) is 6.04 Å². The second-order valence-electron chi connectivity index (χ2n) is 3.74. The maximum Gasteiger partial charge on any atom is 0.320 e. The largest absolute Gasteiger partial charge is 0.480 e. The van der Waals surface area contributed by atoms with E-state index >= 15 is 0 Å². The Morgan fingerprint density at radius 1 is 1.33 bits per heavy atom. The summed E-state index contributed by atoms with van der Waals surface area (Å²) in [5.41, 5.74) is 1.10. The predicted molar refractivity (Wildman–Crippen MR) is 58.0 cm³/mol. The number of aliphatic carboxylic acids is 1. The summed E-state index contributed by atoms with van der Waals surface area (Å²) in [6, 6.07) is 7.25. The Kier molecular flexibility index (Phi) is 2.93. The van der Waals surface area contributed by atoms with Crippen LogP contribution in [-0.4, -0.2) is 17.1 Å². The molecule has 0 bridgehead atoms. The summed E-state index contributed by atoms with van der Waals surface area (Å²) in [5.74, 6) is -0.772. The summed E-state index contributed by atoms with van der Waals surface area (Å²) < 4.78 is 0. The van der Waals surface area contributed by atoms with E-state index in [1.54, 1.807) is 0 Å². The molecule has 0 unspecified atom stereocenters. The van der Waals surface area contributed by atoms with Gasteiger partial charge in [0.05, 0.1) is 0 Å². The summed E-state index contributed by atoms with van der Waals surface area (Å²) >= 11 is 5.78. The Hall–Kier alpha value is -1.06. The number of hydrogen-bond donors (Lipinski definition) is 2. The van der Waals surface area contributed by atoms with E-state index in [4.69, 9.17) is 16.7 Å². The van der Waals surface area contributed by atoms with Gasteiger partial charge in [-0.1, -0.05) is 23.7 Å². The molecule has 80 valence electrons. The average Bonchev–Trinajstić information content (AvgIpc) is 2.68. The zero-order valence-electron chi connectivity index (χ0n) is 8.11. The minimum absolute atomic E-state index is 0.142. The van der Waals surface area contributed by atoms with E-state index in [9.17, 15) is 4.79 Å². The zero-order chi connectivity index (χ0) is 10.8. The number of carboxylic acids is 1. The number of hydrogen-bond acceptors (Lipinski definition) is 2. The zero-order valence-corrected chi connectivity index (χ0v) is 8.87. The van der Waals surface area contributed by atoms with Crippen molar-refractivity contribution in [2.45, 2.75) is 24.9 Å². The van der Waals surface area contributed by atoms with E-state index in [0.717, 1.165) is 12.0 Å². The summed E-state index contributed by atoms with van der Waals surface area (Å²) in [7, 11) is 0. The van der Waals surface area contributed by atoms with E-state index in [1.165, 1.54) is 0 Å².